The summed E-state index contributed by atoms with van der Waals surface area (Å²) in [7, 11) is 0. The van der Waals surface area contributed by atoms with Gasteiger partial charge in [-0.1, -0.05) is 36.8 Å². The average molecular weight is 337 g/mol. The number of nitrogens with zero attached hydrogens (tertiary/aromatic N) is 2. The summed E-state index contributed by atoms with van der Waals surface area (Å²) in [4.78, 5) is 19.1. The molecule has 1 atom stereocenters. The summed E-state index contributed by atoms with van der Waals surface area (Å²) < 4.78 is 0. The molecule has 1 aliphatic rings. The lowest BCUT2D eigenvalue weighted by molar-refractivity contribution is 0.0602. The fourth-order valence-corrected chi connectivity index (χ4v) is 3.37. The van der Waals surface area contributed by atoms with Gasteiger partial charge in [0.25, 0.3) is 5.91 Å². The molecule has 0 radical (unpaired) electrons. The average Bonchev–Trinajstić information content (AvgIpc) is 2.67. The van der Waals surface area contributed by atoms with Crippen LogP contribution in [0.2, 0.25) is 0 Å². The lowest BCUT2D eigenvalue weighted by Gasteiger charge is -2.35. The van der Waals surface area contributed by atoms with Crippen LogP contribution in [-0.2, 0) is 6.54 Å². The quantitative estimate of drug-likeness (QED) is 0.879. The molecule has 3 rings (SSSR count). The molecule has 1 aromatic carbocycles. The lowest BCUT2D eigenvalue weighted by atomic mass is 9.99. The van der Waals surface area contributed by atoms with Crippen LogP contribution in [0, 0.1) is 6.92 Å². The molecule has 2 aromatic rings. The molecular formula is C21H27N3O. The van der Waals surface area contributed by atoms with Crippen LogP contribution in [0.25, 0.3) is 0 Å². The zero-order valence-corrected chi connectivity index (χ0v) is 15.2. The van der Waals surface area contributed by atoms with Gasteiger partial charge < -0.3 is 10.2 Å². The molecule has 0 saturated carbocycles. The maximum absolute atomic E-state index is 12.7. The molecule has 1 saturated heterocycles. The van der Waals surface area contributed by atoms with E-state index in [2.05, 4.69) is 48.4 Å². The fraction of sp³-hybridized carbons (Fsp3) is 0.429. The number of likely N-dealkylation sites (tertiary alicyclic amines) is 1. The minimum atomic E-state index is 0.0663. The molecule has 1 fully saturated rings. The molecule has 0 spiro atoms. The summed E-state index contributed by atoms with van der Waals surface area (Å²) in [6.07, 6.45) is 6.20. The van der Waals surface area contributed by atoms with E-state index >= 15 is 0 Å². The number of hydrogen-bond acceptors (Lipinski definition) is 3. The van der Waals surface area contributed by atoms with Gasteiger partial charge in [0.1, 0.15) is 5.69 Å². The van der Waals surface area contributed by atoms with E-state index in [1.54, 1.807) is 6.20 Å². The Morgan fingerprint density at radius 2 is 2.00 bits per heavy atom. The molecule has 0 aliphatic carbocycles. The minimum Gasteiger partial charge on any atom is -0.380 e. The molecule has 1 aliphatic heterocycles. The number of aromatic nitrogens is 1. The van der Waals surface area contributed by atoms with Crippen LogP contribution in [0.1, 0.15) is 54.2 Å². The van der Waals surface area contributed by atoms with Gasteiger partial charge in [-0.3, -0.25) is 4.79 Å². The van der Waals surface area contributed by atoms with Crippen molar-refractivity contribution in [1.29, 1.82) is 0 Å². The van der Waals surface area contributed by atoms with Gasteiger partial charge in [-0.25, -0.2) is 4.98 Å². The second kappa shape index (κ2) is 8.15. The largest absolute Gasteiger partial charge is 0.380 e. The number of hydrogen-bond donors (Lipinski definition) is 1. The number of nitrogens with one attached hydrogen (secondary N) is 1. The smallest absolute Gasteiger partial charge is 0.272 e. The van der Waals surface area contributed by atoms with Crippen molar-refractivity contribution in [3.05, 3.63) is 59.4 Å². The van der Waals surface area contributed by atoms with Crippen molar-refractivity contribution in [2.24, 2.45) is 0 Å². The van der Waals surface area contributed by atoms with Gasteiger partial charge in [-0.05, 0) is 50.3 Å². The van der Waals surface area contributed by atoms with E-state index in [0.29, 0.717) is 11.7 Å². The van der Waals surface area contributed by atoms with Gasteiger partial charge in [0, 0.05) is 19.1 Å². The van der Waals surface area contributed by atoms with E-state index in [1.807, 2.05) is 17.0 Å². The molecule has 0 bridgehead atoms. The third-order valence-electron chi connectivity index (χ3n) is 4.96. The Labute approximate surface area is 150 Å². The molecule has 1 N–H and O–H groups in total. The van der Waals surface area contributed by atoms with Gasteiger partial charge >= 0.3 is 0 Å². The molecule has 4 nitrogen and oxygen atoms in total. The summed E-state index contributed by atoms with van der Waals surface area (Å²) >= 11 is 0. The van der Waals surface area contributed by atoms with Crippen LogP contribution < -0.4 is 5.32 Å². The Morgan fingerprint density at radius 3 is 2.68 bits per heavy atom. The van der Waals surface area contributed by atoms with E-state index < -0.39 is 0 Å². The van der Waals surface area contributed by atoms with Crippen molar-refractivity contribution in [3.8, 4) is 0 Å². The van der Waals surface area contributed by atoms with Gasteiger partial charge in [0.2, 0.25) is 0 Å². The topological polar surface area (TPSA) is 45.2 Å². The Bertz CT molecular complexity index is 694. The van der Waals surface area contributed by atoms with Crippen LogP contribution in [-0.4, -0.2) is 28.4 Å². The van der Waals surface area contributed by atoms with Crippen LogP contribution in [0.15, 0.2) is 42.6 Å². The van der Waals surface area contributed by atoms with Crippen molar-refractivity contribution in [2.75, 3.05) is 11.9 Å². The normalized spacial score (nSPS) is 17.4. The monoisotopic (exact) mass is 337 g/mol. The van der Waals surface area contributed by atoms with Crippen LogP contribution >= 0.6 is 0 Å². The van der Waals surface area contributed by atoms with E-state index in [0.717, 1.165) is 38.0 Å². The summed E-state index contributed by atoms with van der Waals surface area (Å²) in [5, 5.41) is 3.36. The first kappa shape index (κ1) is 17.5. The van der Waals surface area contributed by atoms with Gasteiger partial charge in [-0.15, -0.1) is 0 Å². The number of piperidine rings is 1. The third kappa shape index (κ3) is 4.38. The number of carbonyl (C=O) groups excluding carboxylic acids is 1. The highest BCUT2D eigenvalue weighted by molar-refractivity contribution is 5.92. The molecule has 4 heteroatoms. The number of rotatable bonds is 5. The van der Waals surface area contributed by atoms with Gasteiger partial charge in [-0.2, -0.15) is 0 Å². The maximum atomic E-state index is 12.7. The number of amides is 1. The number of anilines is 1. The Hall–Kier alpha value is -2.36. The molecular weight excluding hydrogens is 310 g/mol. The zero-order chi connectivity index (χ0) is 17.6. The van der Waals surface area contributed by atoms with Gasteiger partial charge in [0.05, 0.1) is 11.9 Å². The highest BCUT2D eigenvalue weighted by Gasteiger charge is 2.26. The summed E-state index contributed by atoms with van der Waals surface area (Å²) in [5.41, 5.74) is 3.96. The molecule has 1 unspecified atom stereocenters. The second-order valence-electron chi connectivity index (χ2n) is 6.83. The highest BCUT2D eigenvalue weighted by atomic mass is 16.2. The molecule has 2 heterocycles. The Morgan fingerprint density at radius 1 is 1.20 bits per heavy atom. The highest BCUT2D eigenvalue weighted by Crippen LogP contribution is 2.21. The van der Waals surface area contributed by atoms with E-state index in [9.17, 15) is 4.79 Å². The SMILES string of the molecule is CCC1CCCCN1C(=O)c1ccc(NCc2ccc(C)cc2)cn1. The predicted octanol–water partition coefficient (Wildman–Crippen LogP) is 4.41. The van der Waals surface area contributed by atoms with Crippen molar-refractivity contribution in [2.45, 2.75) is 52.1 Å². The zero-order valence-electron chi connectivity index (χ0n) is 15.2. The van der Waals surface area contributed by atoms with Crippen molar-refractivity contribution < 1.29 is 4.79 Å². The van der Waals surface area contributed by atoms with Crippen LogP contribution in [0.4, 0.5) is 5.69 Å². The van der Waals surface area contributed by atoms with Crippen molar-refractivity contribution in [1.82, 2.24) is 9.88 Å². The third-order valence-corrected chi connectivity index (χ3v) is 4.96. The van der Waals surface area contributed by atoms with Crippen LogP contribution in [0.3, 0.4) is 0 Å². The predicted molar refractivity (Wildman–Crippen MR) is 102 cm³/mol. The molecule has 25 heavy (non-hydrogen) atoms. The minimum absolute atomic E-state index is 0.0663. The number of aryl methyl sites for hydroxylation is 1. The van der Waals surface area contributed by atoms with Crippen LogP contribution in [0.5, 0.6) is 0 Å². The first-order valence-electron chi connectivity index (χ1n) is 9.24. The van der Waals surface area contributed by atoms with E-state index in [1.165, 1.54) is 17.5 Å². The Kier molecular flexibility index (Phi) is 5.69. The molecule has 1 aromatic heterocycles. The first-order chi connectivity index (χ1) is 12.2. The number of pyridine rings is 1. The standard InChI is InChI=1S/C21H27N3O/c1-3-19-6-4-5-13-24(19)21(25)20-12-11-18(15-23-20)22-14-17-9-7-16(2)8-10-17/h7-12,15,19,22H,3-6,13-14H2,1-2H3. The molecule has 132 valence electrons. The van der Waals surface area contributed by atoms with Crippen molar-refractivity contribution in [3.63, 3.8) is 0 Å². The second-order valence-corrected chi connectivity index (χ2v) is 6.83. The van der Waals surface area contributed by atoms with E-state index in [4.69, 9.17) is 0 Å². The number of benzene rings is 1. The lowest BCUT2D eigenvalue weighted by Crippen LogP contribution is -2.43. The summed E-state index contributed by atoms with van der Waals surface area (Å²) in [5.74, 6) is 0.0663. The number of carbonyl (C=O) groups is 1. The van der Waals surface area contributed by atoms with Crippen molar-refractivity contribution >= 4 is 11.6 Å². The first-order valence-corrected chi connectivity index (χ1v) is 9.24. The summed E-state index contributed by atoms with van der Waals surface area (Å²) in [6.45, 7) is 5.84. The fourth-order valence-electron chi connectivity index (χ4n) is 3.37. The molecule has 1 amide bonds. The summed E-state index contributed by atoms with van der Waals surface area (Å²) in [6, 6.07) is 12.6. The maximum Gasteiger partial charge on any atom is 0.272 e. The van der Waals surface area contributed by atoms with Gasteiger partial charge in [0.15, 0.2) is 0 Å². The Balaban J connectivity index is 1.61. The van der Waals surface area contributed by atoms with E-state index in [-0.39, 0.29) is 5.91 Å².